The van der Waals surface area contributed by atoms with Gasteiger partial charge in [-0.3, -0.25) is 4.79 Å². The largest absolute Gasteiger partial charge is 0.273 e. The summed E-state index contributed by atoms with van der Waals surface area (Å²) in [6.45, 7) is 3.77. The number of fused-ring (bicyclic) bond motifs is 1. The Labute approximate surface area is 114 Å². The molecule has 0 aliphatic carbocycles. The van der Waals surface area contributed by atoms with Gasteiger partial charge in [0.05, 0.1) is 5.71 Å². The highest BCUT2D eigenvalue weighted by atomic mass is 31.1. The summed E-state index contributed by atoms with van der Waals surface area (Å²) >= 11 is 0. The van der Waals surface area contributed by atoms with E-state index in [1.807, 2.05) is 18.2 Å². The van der Waals surface area contributed by atoms with Gasteiger partial charge in [-0.25, -0.2) is 4.78 Å². The summed E-state index contributed by atoms with van der Waals surface area (Å²) in [5.74, 6) is 0.0664. The van der Waals surface area contributed by atoms with E-state index in [4.69, 9.17) is 0 Å². The molecule has 0 N–H and O–H groups in total. The number of carbonyl (C=O) groups is 1. The van der Waals surface area contributed by atoms with E-state index in [-0.39, 0.29) is 5.91 Å². The van der Waals surface area contributed by atoms with Crippen LogP contribution in [0.4, 0.5) is 0 Å². The molecule has 1 amide bonds. The molecule has 0 radical (unpaired) electrons. The minimum atomic E-state index is -0.513. The first-order valence-electron chi connectivity index (χ1n) is 6.53. The molecule has 1 aromatic carbocycles. The summed E-state index contributed by atoms with van der Waals surface area (Å²) in [4.78, 5) is 11.8. The monoisotopic (exact) mass is 272 g/mol. The fourth-order valence-electron chi connectivity index (χ4n) is 2.65. The van der Waals surface area contributed by atoms with E-state index in [2.05, 4.69) is 30.2 Å². The number of amides is 1. The van der Waals surface area contributed by atoms with Gasteiger partial charge in [-0.2, -0.15) is 5.10 Å². The van der Waals surface area contributed by atoms with Gasteiger partial charge in [0, 0.05) is 26.8 Å². The molecule has 4 heteroatoms. The average Bonchev–Trinajstić information content (AvgIpc) is 2.78. The molecule has 0 saturated carbocycles. The summed E-state index contributed by atoms with van der Waals surface area (Å²) < 4.78 is 1.75. The van der Waals surface area contributed by atoms with Gasteiger partial charge in [-0.15, -0.1) is 0 Å². The Morgan fingerprint density at radius 1 is 1.37 bits per heavy atom. The van der Waals surface area contributed by atoms with Crippen LogP contribution in [-0.4, -0.2) is 28.2 Å². The van der Waals surface area contributed by atoms with E-state index in [0.717, 1.165) is 23.9 Å². The van der Waals surface area contributed by atoms with Crippen molar-refractivity contribution < 1.29 is 4.79 Å². The molecular weight excluding hydrogens is 255 g/mol. The van der Waals surface area contributed by atoms with Crippen LogP contribution in [0, 0.1) is 0 Å². The second-order valence-corrected chi connectivity index (χ2v) is 7.26. The Hall–Kier alpha value is -1.47. The Kier molecular flexibility index (Phi) is 3.24. The Morgan fingerprint density at radius 3 is 2.79 bits per heavy atom. The zero-order valence-electron chi connectivity index (χ0n) is 11.2. The number of benzene rings is 1. The fourth-order valence-corrected chi connectivity index (χ4v) is 5.32. The summed E-state index contributed by atoms with van der Waals surface area (Å²) in [7, 11) is -0.513. The molecule has 98 valence electrons. The molecule has 0 aromatic heterocycles. The van der Waals surface area contributed by atoms with Crippen LogP contribution in [0.25, 0.3) is 0 Å². The lowest BCUT2D eigenvalue weighted by Crippen LogP contribution is -2.23. The molecule has 19 heavy (non-hydrogen) atoms. The van der Waals surface area contributed by atoms with Gasteiger partial charge in [0.2, 0.25) is 5.91 Å². The highest BCUT2D eigenvalue weighted by molar-refractivity contribution is 7.58. The quantitative estimate of drug-likeness (QED) is 0.570. The van der Waals surface area contributed by atoms with Crippen LogP contribution in [0.1, 0.15) is 25.8 Å². The highest BCUT2D eigenvalue weighted by Gasteiger charge is 2.40. The smallest absolute Gasteiger partial charge is 0.242 e. The lowest BCUT2D eigenvalue weighted by molar-refractivity contribution is -0.124. The number of hydrazone groups is 1. The van der Waals surface area contributed by atoms with Crippen molar-refractivity contribution in [2.45, 2.75) is 25.9 Å². The van der Waals surface area contributed by atoms with Gasteiger partial charge in [0.25, 0.3) is 0 Å². The van der Waals surface area contributed by atoms with E-state index in [1.54, 1.807) is 11.7 Å². The Balaban J connectivity index is 2.00. The van der Waals surface area contributed by atoms with Crippen LogP contribution >= 0.6 is 8.07 Å². The maximum atomic E-state index is 11.8. The second-order valence-electron chi connectivity index (χ2n) is 5.06. The number of hydrogen-bond acceptors (Lipinski definition) is 2. The first-order valence-corrected chi connectivity index (χ1v) is 8.08. The molecular formula is C15H17N2OP. The van der Waals surface area contributed by atoms with Gasteiger partial charge in [-0.1, -0.05) is 42.0 Å². The van der Waals surface area contributed by atoms with Crippen LogP contribution in [0.3, 0.4) is 0 Å². The number of allylic oxidation sites excluding steroid dienone is 2. The van der Waals surface area contributed by atoms with E-state index in [0.29, 0.717) is 5.66 Å². The lowest BCUT2D eigenvalue weighted by atomic mass is 10.0. The molecule has 0 saturated heterocycles. The van der Waals surface area contributed by atoms with Crippen LogP contribution < -0.4 is 0 Å². The van der Waals surface area contributed by atoms with Gasteiger partial charge >= 0.3 is 0 Å². The lowest BCUT2D eigenvalue weighted by Gasteiger charge is -2.29. The molecule has 2 heterocycles. The predicted octanol–water partition coefficient (Wildman–Crippen LogP) is 3.37. The summed E-state index contributed by atoms with van der Waals surface area (Å²) in [6, 6.07) is 10.2. The zero-order valence-corrected chi connectivity index (χ0v) is 12.1. The van der Waals surface area contributed by atoms with E-state index >= 15 is 0 Å². The SMILES string of the molecule is CC(=O)N1N=C(c2ccccc2)C2CC=C(C)CP21. The topological polar surface area (TPSA) is 32.7 Å². The maximum absolute atomic E-state index is 11.8. The third-order valence-electron chi connectivity index (χ3n) is 3.57. The predicted molar refractivity (Wildman–Crippen MR) is 79.4 cm³/mol. The molecule has 2 aliphatic rings. The summed E-state index contributed by atoms with van der Waals surface area (Å²) in [5, 5.41) is 4.63. The molecule has 2 atom stereocenters. The van der Waals surface area contributed by atoms with Crippen LogP contribution in [0.5, 0.6) is 0 Å². The van der Waals surface area contributed by atoms with Crippen molar-refractivity contribution in [1.82, 2.24) is 4.78 Å². The average molecular weight is 272 g/mol. The van der Waals surface area contributed by atoms with Gasteiger partial charge < -0.3 is 0 Å². The minimum absolute atomic E-state index is 0.0664. The molecule has 1 aromatic rings. The van der Waals surface area contributed by atoms with Crippen LogP contribution in [-0.2, 0) is 4.79 Å². The van der Waals surface area contributed by atoms with Crippen molar-refractivity contribution >= 4 is 19.7 Å². The zero-order chi connectivity index (χ0) is 13.4. The number of nitrogens with zero attached hydrogens (tertiary/aromatic N) is 2. The molecule has 2 aliphatic heterocycles. The van der Waals surface area contributed by atoms with Crippen LogP contribution in [0.15, 0.2) is 47.1 Å². The van der Waals surface area contributed by atoms with Crippen molar-refractivity contribution in [3.05, 3.63) is 47.5 Å². The second kappa shape index (κ2) is 4.90. The third kappa shape index (κ3) is 2.23. The first-order chi connectivity index (χ1) is 9.16. The highest BCUT2D eigenvalue weighted by Crippen LogP contribution is 2.56. The standard InChI is InChI=1S/C15H17N2OP/c1-11-8-9-14-15(13-6-4-3-5-7-13)16-17(12(2)18)19(14)10-11/h3-8,14H,9-10H2,1-2H3. The maximum Gasteiger partial charge on any atom is 0.242 e. The number of carbonyl (C=O) groups excluding carboxylic acids is 1. The molecule has 0 fully saturated rings. The Morgan fingerprint density at radius 2 is 2.11 bits per heavy atom. The summed E-state index contributed by atoms with van der Waals surface area (Å²) in [5.41, 5.74) is 4.03. The number of hydrogen-bond donors (Lipinski definition) is 0. The van der Waals surface area contributed by atoms with Gasteiger partial charge in [-0.05, 0) is 18.9 Å². The van der Waals surface area contributed by atoms with E-state index in [1.165, 1.54) is 5.57 Å². The van der Waals surface area contributed by atoms with E-state index < -0.39 is 8.07 Å². The van der Waals surface area contributed by atoms with Crippen molar-refractivity contribution in [1.29, 1.82) is 0 Å². The van der Waals surface area contributed by atoms with Gasteiger partial charge in [0.1, 0.15) is 0 Å². The molecule has 0 bridgehead atoms. The summed E-state index contributed by atoms with van der Waals surface area (Å²) in [6.07, 6.45) is 4.31. The van der Waals surface area contributed by atoms with Gasteiger partial charge in [0.15, 0.2) is 0 Å². The first kappa shape index (κ1) is 12.6. The Bertz CT molecular complexity index is 565. The van der Waals surface area contributed by atoms with Crippen molar-refractivity contribution in [2.24, 2.45) is 5.10 Å². The molecule has 3 rings (SSSR count). The van der Waals surface area contributed by atoms with Crippen molar-refractivity contribution in [2.75, 3.05) is 6.16 Å². The number of rotatable bonds is 1. The molecule has 3 nitrogen and oxygen atoms in total. The van der Waals surface area contributed by atoms with Crippen molar-refractivity contribution in [3.63, 3.8) is 0 Å². The normalized spacial score (nSPS) is 25.7. The minimum Gasteiger partial charge on any atom is -0.273 e. The molecule has 0 spiro atoms. The van der Waals surface area contributed by atoms with Crippen LogP contribution in [0.2, 0.25) is 0 Å². The van der Waals surface area contributed by atoms with Crippen molar-refractivity contribution in [3.8, 4) is 0 Å². The molecule has 2 unspecified atom stereocenters. The third-order valence-corrected chi connectivity index (χ3v) is 6.43. The van der Waals surface area contributed by atoms with E-state index in [9.17, 15) is 4.79 Å². The fraction of sp³-hybridized carbons (Fsp3) is 0.333.